The van der Waals surface area contributed by atoms with Crippen molar-refractivity contribution in [1.82, 2.24) is 0 Å². The van der Waals surface area contributed by atoms with Gasteiger partial charge in [-0.3, -0.25) is 0 Å². The molecule has 1 aliphatic rings. The van der Waals surface area contributed by atoms with Gasteiger partial charge in [0.2, 0.25) is 0 Å². The highest BCUT2D eigenvalue weighted by molar-refractivity contribution is 4.88. The molecule has 1 N–H and O–H groups in total. The van der Waals surface area contributed by atoms with E-state index in [0.717, 1.165) is 5.92 Å². The Hall–Kier alpha value is -0.0400. The number of hydrogen-bond donors (Lipinski definition) is 1. The molecular formula is C12H24O. The van der Waals surface area contributed by atoms with Gasteiger partial charge < -0.3 is 5.11 Å². The Morgan fingerprint density at radius 2 is 1.92 bits per heavy atom. The maximum Gasteiger partial charge on any atom is 0.0670 e. The van der Waals surface area contributed by atoms with Gasteiger partial charge in [-0.15, -0.1) is 0 Å². The molecule has 0 aromatic carbocycles. The van der Waals surface area contributed by atoms with Crippen LogP contribution in [0.4, 0.5) is 0 Å². The second kappa shape index (κ2) is 4.00. The monoisotopic (exact) mass is 184 g/mol. The maximum atomic E-state index is 10.3. The van der Waals surface area contributed by atoms with Gasteiger partial charge in [-0.2, -0.15) is 0 Å². The summed E-state index contributed by atoms with van der Waals surface area (Å²) < 4.78 is 0. The lowest BCUT2D eigenvalue weighted by Crippen LogP contribution is -2.41. The van der Waals surface area contributed by atoms with Crippen LogP contribution in [0.2, 0.25) is 0 Å². The molecule has 0 aromatic rings. The van der Waals surface area contributed by atoms with Gasteiger partial charge in [0.05, 0.1) is 5.60 Å². The molecule has 0 spiro atoms. The Kier molecular flexibility index (Phi) is 3.39. The topological polar surface area (TPSA) is 20.2 Å². The molecule has 78 valence electrons. The molecule has 1 heteroatoms. The first kappa shape index (κ1) is 11.0. The van der Waals surface area contributed by atoms with E-state index >= 15 is 0 Å². The highest BCUT2D eigenvalue weighted by atomic mass is 16.3. The molecule has 3 atom stereocenters. The van der Waals surface area contributed by atoms with Crippen molar-refractivity contribution in [2.75, 3.05) is 0 Å². The lowest BCUT2D eigenvalue weighted by Gasteiger charge is -2.40. The summed E-state index contributed by atoms with van der Waals surface area (Å²) in [7, 11) is 0. The summed E-state index contributed by atoms with van der Waals surface area (Å²) in [5.41, 5.74) is -0.450. The molecule has 0 aromatic heterocycles. The van der Waals surface area contributed by atoms with E-state index in [-0.39, 0.29) is 0 Å². The van der Waals surface area contributed by atoms with E-state index in [2.05, 4.69) is 20.8 Å². The average Bonchev–Trinajstić information content (AvgIpc) is 2.04. The summed E-state index contributed by atoms with van der Waals surface area (Å²) in [5, 5.41) is 10.3. The van der Waals surface area contributed by atoms with E-state index in [4.69, 9.17) is 0 Å². The quantitative estimate of drug-likeness (QED) is 0.698. The van der Waals surface area contributed by atoms with Crippen LogP contribution in [0.1, 0.15) is 53.4 Å². The van der Waals surface area contributed by atoms with Crippen molar-refractivity contribution in [2.24, 2.45) is 17.8 Å². The molecule has 3 unspecified atom stereocenters. The van der Waals surface area contributed by atoms with Crippen molar-refractivity contribution in [1.29, 1.82) is 0 Å². The standard InChI is InChI=1S/C12H24O/c1-9(2)12(4,13)11-7-5-6-10(3)8-11/h9-11,13H,5-8H2,1-4H3. The van der Waals surface area contributed by atoms with Gasteiger partial charge in [0.25, 0.3) is 0 Å². The first-order chi connectivity index (χ1) is 5.94. The molecule has 0 amide bonds. The fraction of sp³-hybridized carbons (Fsp3) is 1.00. The molecule has 1 saturated carbocycles. The van der Waals surface area contributed by atoms with E-state index in [1.165, 1.54) is 25.7 Å². The van der Waals surface area contributed by atoms with Crippen LogP contribution in [0.25, 0.3) is 0 Å². The molecule has 0 bridgehead atoms. The minimum atomic E-state index is -0.450. The molecule has 0 aliphatic heterocycles. The summed E-state index contributed by atoms with van der Waals surface area (Å²) in [4.78, 5) is 0. The van der Waals surface area contributed by atoms with Gasteiger partial charge in [0, 0.05) is 0 Å². The Bertz CT molecular complexity index is 161. The van der Waals surface area contributed by atoms with Crippen LogP contribution in [-0.4, -0.2) is 10.7 Å². The van der Waals surface area contributed by atoms with Crippen molar-refractivity contribution < 1.29 is 5.11 Å². The molecule has 0 radical (unpaired) electrons. The minimum Gasteiger partial charge on any atom is -0.390 e. The third-order valence-corrected chi connectivity index (χ3v) is 3.93. The second-order valence-corrected chi connectivity index (χ2v) is 5.35. The third-order valence-electron chi connectivity index (χ3n) is 3.93. The Balaban J connectivity index is 2.59. The lowest BCUT2D eigenvalue weighted by molar-refractivity contribution is -0.0606. The molecule has 0 saturated heterocycles. The summed E-state index contributed by atoms with van der Waals surface area (Å²) in [6.07, 6.45) is 5.08. The predicted octanol–water partition coefficient (Wildman–Crippen LogP) is 3.22. The molecule has 1 nitrogen and oxygen atoms in total. The summed E-state index contributed by atoms with van der Waals surface area (Å²) in [6.45, 7) is 8.57. The van der Waals surface area contributed by atoms with Gasteiger partial charge in [-0.05, 0) is 37.5 Å². The van der Waals surface area contributed by atoms with E-state index < -0.39 is 5.60 Å². The fourth-order valence-corrected chi connectivity index (χ4v) is 2.44. The van der Waals surface area contributed by atoms with Crippen LogP contribution >= 0.6 is 0 Å². The van der Waals surface area contributed by atoms with Crippen molar-refractivity contribution in [2.45, 2.75) is 59.0 Å². The molecule has 0 heterocycles. The minimum absolute atomic E-state index is 0.378. The smallest absolute Gasteiger partial charge is 0.0670 e. The van der Waals surface area contributed by atoms with Crippen molar-refractivity contribution in [3.05, 3.63) is 0 Å². The van der Waals surface area contributed by atoms with Gasteiger partial charge in [-0.1, -0.05) is 33.6 Å². The van der Waals surface area contributed by atoms with Gasteiger partial charge in [0.1, 0.15) is 0 Å². The highest BCUT2D eigenvalue weighted by Gasteiger charge is 2.36. The zero-order valence-corrected chi connectivity index (χ0v) is 9.51. The van der Waals surface area contributed by atoms with Gasteiger partial charge in [0.15, 0.2) is 0 Å². The molecule has 13 heavy (non-hydrogen) atoms. The van der Waals surface area contributed by atoms with E-state index in [0.29, 0.717) is 11.8 Å². The summed E-state index contributed by atoms with van der Waals surface area (Å²) >= 11 is 0. The number of hydrogen-bond acceptors (Lipinski definition) is 1. The highest BCUT2D eigenvalue weighted by Crippen LogP contribution is 2.38. The first-order valence-corrected chi connectivity index (χ1v) is 5.67. The van der Waals surface area contributed by atoms with Crippen LogP contribution < -0.4 is 0 Å². The Morgan fingerprint density at radius 1 is 1.31 bits per heavy atom. The molecule has 1 fully saturated rings. The Morgan fingerprint density at radius 3 is 2.38 bits per heavy atom. The number of aliphatic hydroxyl groups is 1. The number of rotatable bonds is 2. The zero-order chi connectivity index (χ0) is 10.1. The normalized spacial score (nSPS) is 34.6. The fourth-order valence-electron chi connectivity index (χ4n) is 2.44. The first-order valence-electron chi connectivity index (χ1n) is 5.67. The van der Waals surface area contributed by atoms with Crippen LogP contribution in [0.15, 0.2) is 0 Å². The SMILES string of the molecule is CC1CCCC(C(C)(O)C(C)C)C1. The van der Waals surface area contributed by atoms with Crippen LogP contribution in [0.3, 0.4) is 0 Å². The van der Waals surface area contributed by atoms with Crippen molar-refractivity contribution in [3.63, 3.8) is 0 Å². The van der Waals surface area contributed by atoms with Crippen LogP contribution in [0.5, 0.6) is 0 Å². The molecule has 1 aliphatic carbocycles. The largest absolute Gasteiger partial charge is 0.390 e. The zero-order valence-electron chi connectivity index (χ0n) is 9.51. The molecule has 1 rings (SSSR count). The molecular weight excluding hydrogens is 160 g/mol. The van der Waals surface area contributed by atoms with E-state index in [1.54, 1.807) is 0 Å². The van der Waals surface area contributed by atoms with E-state index in [9.17, 15) is 5.11 Å². The summed E-state index contributed by atoms with van der Waals surface area (Å²) in [6, 6.07) is 0. The average molecular weight is 184 g/mol. The third kappa shape index (κ3) is 2.46. The van der Waals surface area contributed by atoms with Crippen molar-refractivity contribution in [3.8, 4) is 0 Å². The second-order valence-electron chi connectivity index (χ2n) is 5.35. The van der Waals surface area contributed by atoms with Crippen LogP contribution in [0, 0.1) is 17.8 Å². The summed E-state index contributed by atoms with van der Waals surface area (Å²) in [5.74, 6) is 1.71. The predicted molar refractivity (Wildman–Crippen MR) is 56.6 cm³/mol. The Labute approximate surface area is 82.5 Å². The lowest BCUT2D eigenvalue weighted by atomic mass is 9.70. The van der Waals surface area contributed by atoms with Crippen LogP contribution in [-0.2, 0) is 0 Å². The maximum absolute atomic E-state index is 10.3. The van der Waals surface area contributed by atoms with Crippen molar-refractivity contribution >= 4 is 0 Å². The van der Waals surface area contributed by atoms with Gasteiger partial charge in [-0.25, -0.2) is 0 Å². The van der Waals surface area contributed by atoms with Gasteiger partial charge >= 0.3 is 0 Å². The van der Waals surface area contributed by atoms with E-state index in [1.807, 2.05) is 6.92 Å².